The Balaban J connectivity index is 1.78. The summed E-state index contributed by atoms with van der Waals surface area (Å²) in [5.74, 6) is -0.624. The van der Waals surface area contributed by atoms with Crippen LogP contribution >= 0.6 is 0 Å². The number of likely N-dealkylation sites (N-methyl/N-ethyl adjacent to an activating group) is 1. The van der Waals surface area contributed by atoms with E-state index >= 15 is 4.39 Å². The van der Waals surface area contributed by atoms with Gasteiger partial charge in [0.2, 0.25) is 5.43 Å². The van der Waals surface area contributed by atoms with Gasteiger partial charge in [-0.15, -0.1) is 0 Å². The summed E-state index contributed by atoms with van der Waals surface area (Å²) in [5, 5.41) is 0.309. The van der Waals surface area contributed by atoms with Crippen LogP contribution in [-0.4, -0.2) is 66.1 Å². The van der Waals surface area contributed by atoms with Crippen molar-refractivity contribution in [3.05, 3.63) is 39.9 Å². The largest absolute Gasteiger partial charge is 0.367 e. The van der Waals surface area contributed by atoms with E-state index < -0.39 is 0 Å². The third-order valence-corrected chi connectivity index (χ3v) is 6.71. The molecule has 1 aliphatic carbocycles. The maximum absolute atomic E-state index is 15.2. The number of carbonyl (C=O) groups is 1. The predicted octanol–water partition coefficient (Wildman–Crippen LogP) is 3.88. The highest BCUT2D eigenvalue weighted by Gasteiger charge is 2.29. The second kappa shape index (κ2) is 9.61. The molecule has 0 spiro atoms. The van der Waals surface area contributed by atoms with Gasteiger partial charge < -0.3 is 19.3 Å². The molecule has 174 valence electrons. The Morgan fingerprint density at radius 2 is 1.72 bits per heavy atom. The van der Waals surface area contributed by atoms with E-state index in [-0.39, 0.29) is 28.8 Å². The highest BCUT2D eigenvalue weighted by molar-refractivity contribution is 5.98. The maximum Gasteiger partial charge on any atom is 0.259 e. The highest BCUT2D eigenvalue weighted by Crippen LogP contribution is 2.38. The fraction of sp³-hybridized carbons (Fsp3) is 0.600. The number of hydrogen-bond donors (Lipinski definition) is 0. The summed E-state index contributed by atoms with van der Waals surface area (Å²) in [6.07, 6.45) is 5.43. The van der Waals surface area contributed by atoms with E-state index in [1.807, 2.05) is 24.5 Å². The fourth-order valence-electron chi connectivity index (χ4n) is 4.74. The highest BCUT2D eigenvalue weighted by atomic mass is 19.1. The van der Waals surface area contributed by atoms with Crippen LogP contribution in [-0.2, 0) is 0 Å². The van der Waals surface area contributed by atoms with E-state index in [4.69, 9.17) is 0 Å². The summed E-state index contributed by atoms with van der Waals surface area (Å²) in [6, 6.07) is 3.46. The minimum absolute atomic E-state index is 0.162. The molecule has 7 heteroatoms. The molecule has 0 radical (unpaired) electrons. The molecule has 1 saturated heterocycles. The molecule has 6 nitrogen and oxygen atoms in total. The number of carbonyl (C=O) groups excluding carboxylic acids is 1. The first-order valence-electron chi connectivity index (χ1n) is 12.1. The second-order valence-electron chi connectivity index (χ2n) is 9.04. The number of halogens is 1. The Hall–Kier alpha value is -2.41. The molecule has 0 unspecified atom stereocenters. The van der Waals surface area contributed by atoms with Crippen LogP contribution in [0.15, 0.2) is 23.1 Å². The van der Waals surface area contributed by atoms with Gasteiger partial charge in [-0.2, -0.15) is 0 Å². The fourth-order valence-corrected chi connectivity index (χ4v) is 4.74. The summed E-state index contributed by atoms with van der Waals surface area (Å²) < 4.78 is 17.3. The Morgan fingerprint density at radius 3 is 2.28 bits per heavy atom. The number of anilines is 1. The molecule has 2 heterocycles. The van der Waals surface area contributed by atoms with Crippen molar-refractivity contribution in [2.24, 2.45) is 0 Å². The first-order valence-corrected chi connectivity index (χ1v) is 12.1. The number of hydrogen-bond acceptors (Lipinski definition) is 4. The average Bonchev–Trinajstić information content (AvgIpc) is 3.64. The summed E-state index contributed by atoms with van der Waals surface area (Å²) in [7, 11) is 0. The molecule has 1 saturated carbocycles. The number of fused-ring (bicyclic) bond motifs is 1. The van der Waals surface area contributed by atoms with Gasteiger partial charge in [0.15, 0.2) is 0 Å². The topological polar surface area (TPSA) is 48.8 Å². The smallest absolute Gasteiger partial charge is 0.259 e. The van der Waals surface area contributed by atoms with Crippen molar-refractivity contribution in [2.75, 3.05) is 50.7 Å². The molecule has 2 fully saturated rings. The van der Waals surface area contributed by atoms with Crippen LogP contribution in [0.5, 0.6) is 0 Å². The lowest BCUT2D eigenvalue weighted by molar-refractivity contribution is 0.0753. The molecular formula is C25H35FN4O2. The van der Waals surface area contributed by atoms with Crippen molar-refractivity contribution in [3.8, 4) is 0 Å². The van der Waals surface area contributed by atoms with Crippen LogP contribution in [0.25, 0.3) is 10.9 Å². The lowest BCUT2D eigenvalue weighted by Gasteiger charge is -2.35. The molecule has 1 aromatic carbocycles. The summed E-state index contributed by atoms with van der Waals surface area (Å²) in [5.41, 5.74) is 1.09. The van der Waals surface area contributed by atoms with Crippen molar-refractivity contribution in [1.82, 2.24) is 14.4 Å². The molecule has 32 heavy (non-hydrogen) atoms. The van der Waals surface area contributed by atoms with Crippen molar-refractivity contribution in [1.29, 1.82) is 0 Å². The van der Waals surface area contributed by atoms with Gasteiger partial charge in [0.1, 0.15) is 11.4 Å². The summed E-state index contributed by atoms with van der Waals surface area (Å²) in [4.78, 5) is 32.8. The van der Waals surface area contributed by atoms with Crippen LogP contribution in [0.3, 0.4) is 0 Å². The average molecular weight is 443 g/mol. The minimum Gasteiger partial charge on any atom is -0.367 e. The van der Waals surface area contributed by atoms with E-state index in [1.165, 1.54) is 6.07 Å². The minimum atomic E-state index is -0.384. The summed E-state index contributed by atoms with van der Waals surface area (Å²) in [6.45, 7) is 11.8. The van der Waals surface area contributed by atoms with Gasteiger partial charge in [0.05, 0.1) is 11.2 Å². The molecule has 0 bridgehead atoms. The zero-order valence-corrected chi connectivity index (χ0v) is 19.6. The number of rotatable bonds is 8. The second-order valence-corrected chi connectivity index (χ2v) is 9.04. The number of nitrogens with zero attached hydrogens (tertiary/aromatic N) is 4. The molecule has 1 aromatic heterocycles. The van der Waals surface area contributed by atoms with Gasteiger partial charge in [-0.3, -0.25) is 9.59 Å². The molecular weight excluding hydrogens is 407 g/mol. The zero-order chi connectivity index (χ0) is 22.8. The SMILES string of the molecule is CCCN(CCC)C(=O)c1cn(C2CC2)c2cc(N3CCN(CC)CC3)c(F)cc2c1=O. The Kier molecular flexibility index (Phi) is 6.84. The number of piperazine rings is 1. The number of amides is 1. The molecule has 0 N–H and O–H groups in total. The van der Waals surface area contributed by atoms with E-state index in [2.05, 4.69) is 16.7 Å². The zero-order valence-electron chi connectivity index (χ0n) is 19.6. The van der Waals surface area contributed by atoms with E-state index in [1.54, 1.807) is 11.1 Å². The van der Waals surface area contributed by atoms with E-state index in [0.717, 1.165) is 63.9 Å². The van der Waals surface area contributed by atoms with Gasteiger partial charge in [0.25, 0.3) is 5.91 Å². The van der Waals surface area contributed by atoms with Gasteiger partial charge in [-0.1, -0.05) is 20.8 Å². The van der Waals surface area contributed by atoms with Crippen LogP contribution in [0.1, 0.15) is 62.9 Å². The van der Waals surface area contributed by atoms with Gasteiger partial charge in [0, 0.05) is 56.9 Å². The van der Waals surface area contributed by atoms with Crippen molar-refractivity contribution in [2.45, 2.75) is 52.5 Å². The lowest BCUT2D eigenvalue weighted by Crippen LogP contribution is -2.46. The molecule has 0 atom stereocenters. The van der Waals surface area contributed by atoms with Crippen molar-refractivity contribution >= 4 is 22.5 Å². The normalized spacial score (nSPS) is 17.2. The van der Waals surface area contributed by atoms with E-state index in [9.17, 15) is 9.59 Å². The monoisotopic (exact) mass is 442 g/mol. The Bertz CT molecular complexity index is 1030. The third-order valence-electron chi connectivity index (χ3n) is 6.71. The predicted molar refractivity (Wildman–Crippen MR) is 127 cm³/mol. The quantitative estimate of drug-likeness (QED) is 0.623. The van der Waals surface area contributed by atoms with Crippen LogP contribution in [0.2, 0.25) is 0 Å². The van der Waals surface area contributed by atoms with Gasteiger partial charge in [-0.05, 0) is 44.4 Å². The molecule has 2 aromatic rings. The number of benzene rings is 1. The van der Waals surface area contributed by atoms with Crippen molar-refractivity contribution in [3.63, 3.8) is 0 Å². The van der Waals surface area contributed by atoms with Crippen LogP contribution in [0.4, 0.5) is 10.1 Å². The third kappa shape index (κ3) is 4.40. The van der Waals surface area contributed by atoms with E-state index in [0.29, 0.717) is 24.2 Å². The molecule has 4 rings (SSSR count). The van der Waals surface area contributed by atoms with Crippen LogP contribution < -0.4 is 10.3 Å². The van der Waals surface area contributed by atoms with Crippen LogP contribution in [0, 0.1) is 5.82 Å². The lowest BCUT2D eigenvalue weighted by atomic mass is 10.1. The Morgan fingerprint density at radius 1 is 1.06 bits per heavy atom. The van der Waals surface area contributed by atoms with Crippen molar-refractivity contribution < 1.29 is 9.18 Å². The van der Waals surface area contributed by atoms with Gasteiger partial charge in [-0.25, -0.2) is 4.39 Å². The molecule has 2 aliphatic rings. The number of pyridine rings is 1. The first-order chi connectivity index (χ1) is 15.5. The van der Waals surface area contributed by atoms with Gasteiger partial charge >= 0.3 is 0 Å². The maximum atomic E-state index is 15.2. The summed E-state index contributed by atoms with van der Waals surface area (Å²) >= 11 is 0. The first kappa shape index (κ1) is 22.8. The molecule has 1 aliphatic heterocycles. The standard InChI is InChI=1S/C25H35FN4O2/c1-4-9-29(10-5-2)25(32)20-17-30(18-7-8-18)22-16-23(21(26)15-19(22)24(20)31)28-13-11-27(6-3)12-14-28/h15-18H,4-14H2,1-3H3. The molecule has 1 amide bonds. The number of aromatic nitrogens is 1. The Labute approximate surface area is 189 Å².